The molecule has 4 saturated heterocycles. The summed E-state index contributed by atoms with van der Waals surface area (Å²) in [7, 11) is 7.17. The Balaban J connectivity index is 1.59. The van der Waals surface area contributed by atoms with Gasteiger partial charge >= 0.3 is 5.97 Å². The second-order valence-electron chi connectivity index (χ2n) is 19.1. The highest BCUT2D eigenvalue weighted by atomic mass is 16.7. The summed E-state index contributed by atoms with van der Waals surface area (Å²) >= 11 is 0. The monoisotopic (exact) mass is 864 g/mol. The highest BCUT2D eigenvalue weighted by molar-refractivity contribution is 5.76. The zero-order valence-electron chi connectivity index (χ0n) is 39.1. The van der Waals surface area contributed by atoms with Crippen molar-refractivity contribution in [2.24, 2.45) is 22.7 Å². The van der Waals surface area contributed by atoms with E-state index in [0.29, 0.717) is 32.0 Å². The molecule has 0 aromatic heterocycles. The van der Waals surface area contributed by atoms with E-state index in [0.717, 1.165) is 5.56 Å². The van der Waals surface area contributed by atoms with Gasteiger partial charge in [0.2, 0.25) is 0 Å². The van der Waals surface area contributed by atoms with Crippen molar-refractivity contribution in [2.45, 2.75) is 192 Å². The number of cyclic esters (lactones) is 1. The lowest BCUT2D eigenvalue weighted by atomic mass is 9.78. The van der Waals surface area contributed by atoms with E-state index in [9.17, 15) is 20.1 Å². The summed E-state index contributed by atoms with van der Waals surface area (Å²) < 4.78 is 52.3. The van der Waals surface area contributed by atoms with Gasteiger partial charge < -0.3 is 63.0 Å². The Labute approximate surface area is 364 Å². The molecule has 15 heteroatoms. The lowest BCUT2D eigenvalue weighted by molar-refractivity contribution is -0.315. The van der Waals surface area contributed by atoms with E-state index in [1.807, 2.05) is 86.0 Å². The molecule has 18 atom stereocenters. The van der Waals surface area contributed by atoms with Gasteiger partial charge in [-0.05, 0) is 86.3 Å². The van der Waals surface area contributed by atoms with Crippen LogP contribution in [0.25, 0.3) is 0 Å². The number of hydrogen-bond acceptors (Lipinski definition) is 14. The van der Waals surface area contributed by atoms with Crippen LogP contribution in [0.5, 0.6) is 0 Å². The van der Waals surface area contributed by atoms with E-state index >= 15 is 0 Å². The topological polar surface area (TPSA) is 170 Å². The van der Waals surface area contributed by atoms with E-state index in [1.54, 1.807) is 28.1 Å². The number of likely N-dealkylation sites (N-methyl/N-ethyl adjacent to an activating group) is 1. The summed E-state index contributed by atoms with van der Waals surface area (Å²) in [5.74, 6) is -2.57. The van der Waals surface area contributed by atoms with Crippen LogP contribution in [0, 0.1) is 17.8 Å². The molecule has 4 heterocycles. The fourth-order valence-electron chi connectivity index (χ4n) is 10.0. The molecule has 0 spiro atoms. The number of hydrogen-bond donors (Lipinski definition) is 3. The molecule has 1 aromatic carbocycles. The van der Waals surface area contributed by atoms with Gasteiger partial charge in [-0.15, -0.1) is 0 Å². The number of carbonyl (C=O) groups excluding carboxylic acids is 1. The third kappa shape index (κ3) is 10.8. The number of ether oxygens (including phenoxy) is 8. The molecule has 0 aliphatic carbocycles. The number of aliphatic hydroxyl groups excluding tert-OH is 2. The van der Waals surface area contributed by atoms with Gasteiger partial charge in [0.15, 0.2) is 18.7 Å². The maximum absolute atomic E-state index is 14.5. The third-order valence-electron chi connectivity index (χ3n) is 14.3. The van der Waals surface area contributed by atoms with E-state index in [4.69, 9.17) is 42.9 Å². The normalized spacial score (nSPS) is 45.4. The van der Waals surface area contributed by atoms with Gasteiger partial charge in [0.25, 0.3) is 6.02 Å². The lowest BCUT2D eigenvalue weighted by Crippen LogP contribution is -2.60. The van der Waals surface area contributed by atoms with Gasteiger partial charge in [0.05, 0.1) is 60.2 Å². The lowest BCUT2D eigenvalue weighted by Gasteiger charge is -2.49. The van der Waals surface area contributed by atoms with Gasteiger partial charge in [0.1, 0.15) is 17.8 Å². The molecule has 1 aromatic rings. The van der Waals surface area contributed by atoms with Gasteiger partial charge in [-0.3, -0.25) is 4.79 Å². The molecule has 3 N–H and O–H groups in total. The number of esters is 1. The molecular weight excluding hydrogens is 787 g/mol. The summed E-state index contributed by atoms with van der Waals surface area (Å²) in [6.45, 7) is 19.5. The summed E-state index contributed by atoms with van der Waals surface area (Å²) in [5, 5.41) is 34.6. The molecule has 348 valence electrons. The minimum Gasteiger partial charge on any atom is -0.459 e. The largest absolute Gasteiger partial charge is 0.459 e. The van der Waals surface area contributed by atoms with Crippen LogP contribution < -0.4 is 0 Å². The quantitative estimate of drug-likeness (QED) is 0.296. The van der Waals surface area contributed by atoms with Crippen molar-refractivity contribution in [3.05, 3.63) is 35.9 Å². The van der Waals surface area contributed by atoms with Gasteiger partial charge in [-0.1, -0.05) is 51.1 Å². The zero-order chi connectivity index (χ0) is 45.2. The Kier molecular flexibility index (Phi) is 16.4. The predicted molar refractivity (Wildman–Crippen MR) is 229 cm³/mol. The van der Waals surface area contributed by atoms with Crippen LogP contribution in [-0.4, -0.2) is 162 Å². The second-order valence-corrected chi connectivity index (χ2v) is 19.1. The summed E-state index contributed by atoms with van der Waals surface area (Å²) in [4.78, 5) is 23.6. The van der Waals surface area contributed by atoms with Crippen LogP contribution in [0.3, 0.4) is 0 Å². The molecule has 15 nitrogen and oxygen atoms in total. The van der Waals surface area contributed by atoms with Crippen LogP contribution in [-0.2, 0) is 49.2 Å². The fourth-order valence-corrected chi connectivity index (χ4v) is 10.0. The Morgan fingerprint density at radius 2 is 1.54 bits per heavy atom. The van der Waals surface area contributed by atoms with Gasteiger partial charge in [0, 0.05) is 46.2 Å². The number of carbonyl (C=O) groups is 1. The van der Waals surface area contributed by atoms with Crippen LogP contribution in [0.1, 0.15) is 100 Å². The predicted octanol–water partition coefficient (Wildman–Crippen LogP) is 4.52. The SMILES string of the molecule is CC[C@H]1OC(=O)[C@H](C)[C@@H](O[C@H]2C[C@@](C)(OC)[C@@H](O)[C@H](C)O2)[C@H](C)[C@@H](O[C@H]2O[C@H](C)C[C@H]3[C@H]2OC(=NCc2ccccc2)N3C)[C@](C)(OC)C[C@@H](C)N(C)C[C@H](C)[C@@H](O)[C@]1(C)O. The summed E-state index contributed by atoms with van der Waals surface area (Å²) in [6, 6.07) is 10.3. The Morgan fingerprint density at radius 1 is 0.885 bits per heavy atom. The molecular formula is C46H77N3O12. The number of aliphatic hydroxyl groups is 3. The van der Waals surface area contributed by atoms with E-state index < -0.39 is 95.8 Å². The van der Waals surface area contributed by atoms with Crippen molar-refractivity contribution in [1.29, 1.82) is 0 Å². The minimum absolute atomic E-state index is 0.0948. The number of nitrogens with zero attached hydrogens (tertiary/aromatic N) is 3. The first-order valence-corrected chi connectivity index (χ1v) is 22.3. The fraction of sp³-hybridized carbons (Fsp3) is 0.826. The van der Waals surface area contributed by atoms with Crippen molar-refractivity contribution >= 4 is 12.0 Å². The van der Waals surface area contributed by atoms with Crippen LogP contribution >= 0.6 is 0 Å². The molecule has 4 aliphatic rings. The maximum atomic E-state index is 14.5. The average Bonchev–Trinajstić information content (AvgIpc) is 3.55. The Hall–Kier alpha value is -2.44. The molecule has 0 amide bonds. The number of aliphatic imine (C=N–C) groups is 1. The molecule has 5 rings (SSSR count). The van der Waals surface area contributed by atoms with Gasteiger partial charge in [-0.2, -0.15) is 0 Å². The van der Waals surface area contributed by atoms with Crippen molar-refractivity contribution in [1.82, 2.24) is 9.80 Å². The number of amidine groups is 1. The molecule has 4 fully saturated rings. The number of rotatable bonds is 9. The molecule has 0 saturated carbocycles. The summed E-state index contributed by atoms with van der Waals surface area (Å²) in [5.41, 5.74) is -2.72. The molecule has 0 bridgehead atoms. The van der Waals surface area contributed by atoms with E-state index in [1.165, 1.54) is 6.92 Å². The van der Waals surface area contributed by atoms with E-state index in [-0.39, 0.29) is 31.0 Å². The van der Waals surface area contributed by atoms with Gasteiger partial charge in [-0.25, -0.2) is 4.99 Å². The minimum atomic E-state index is -1.76. The first-order valence-electron chi connectivity index (χ1n) is 22.3. The first-order chi connectivity index (χ1) is 28.6. The van der Waals surface area contributed by atoms with Crippen molar-refractivity contribution in [2.75, 3.05) is 34.9 Å². The molecule has 0 radical (unpaired) electrons. The second kappa shape index (κ2) is 20.2. The van der Waals surface area contributed by atoms with Crippen LogP contribution in [0.15, 0.2) is 35.3 Å². The van der Waals surface area contributed by atoms with Crippen LogP contribution in [0.4, 0.5) is 0 Å². The maximum Gasteiger partial charge on any atom is 0.311 e. The average molecular weight is 864 g/mol. The number of benzene rings is 1. The third-order valence-corrected chi connectivity index (χ3v) is 14.3. The molecule has 4 aliphatic heterocycles. The van der Waals surface area contributed by atoms with Crippen molar-refractivity contribution < 1.29 is 58.0 Å². The Morgan fingerprint density at radius 3 is 2.16 bits per heavy atom. The van der Waals surface area contributed by atoms with Crippen molar-refractivity contribution in [3.63, 3.8) is 0 Å². The van der Waals surface area contributed by atoms with Crippen molar-refractivity contribution in [3.8, 4) is 0 Å². The molecule has 0 unspecified atom stereocenters. The standard InChI is InChI=1S/C46H77N3O12/c1-15-34-46(10,53)38(50)26(2)25-48(11)27(3)22-45(9,55-14)40(29(5)36(30(6)41(52)58-34)59-35-23-44(8,54-13)39(51)31(7)57-35)61-42-37-33(21-28(4)56-42)49(12)43(60-37)47-24-32-19-17-16-18-20-32/h16-20,26-31,33-40,42,50-51,53H,15,21-25H2,1-14H3/t26-,27+,28+,29-,30+,31-,33-,34+,35-,36-,37+,38+,39-,40+,42+,44+,45+,46+/m0/s1. The highest BCUT2D eigenvalue weighted by Crippen LogP contribution is 2.42. The van der Waals surface area contributed by atoms with Crippen LogP contribution in [0.2, 0.25) is 0 Å². The Bertz CT molecular complexity index is 1600. The van der Waals surface area contributed by atoms with E-state index in [2.05, 4.69) is 16.7 Å². The zero-order valence-corrected chi connectivity index (χ0v) is 39.1. The molecule has 61 heavy (non-hydrogen) atoms. The highest BCUT2D eigenvalue weighted by Gasteiger charge is 2.55. The number of fused-ring (bicyclic) bond motifs is 1. The summed E-state index contributed by atoms with van der Waals surface area (Å²) in [6.07, 6.45) is -6.45. The first kappa shape index (κ1) is 49.6. The smallest absolute Gasteiger partial charge is 0.311 e. The number of methoxy groups -OCH3 is 2.